The fraction of sp³-hybridized carbons (Fsp3) is 0.529. The molecule has 0 atom stereocenters. The molecule has 25 heavy (non-hydrogen) atoms. The molecule has 2 aliphatic rings. The minimum absolute atomic E-state index is 0.0630. The number of hydrogen-bond acceptors (Lipinski definition) is 5. The monoisotopic (exact) mass is 342 g/mol. The molecule has 132 valence electrons. The Morgan fingerprint density at radius 2 is 2.00 bits per heavy atom. The van der Waals surface area contributed by atoms with Gasteiger partial charge >= 0.3 is 6.03 Å². The normalized spacial score (nSPS) is 19.8. The van der Waals surface area contributed by atoms with Crippen LogP contribution >= 0.6 is 0 Å². The molecule has 1 aliphatic heterocycles. The number of nitrogens with zero attached hydrogens (tertiary/aromatic N) is 5. The van der Waals surface area contributed by atoms with Gasteiger partial charge in [0.15, 0.2) is 0 Å². The number of benzene rings is 1. The zero-order valence-corrected chi connectivity index (χ0v) is 14.1. The molecule has 0 radical (unpaired) electrons. The number of carbonyl (C=O) groups is 1. The summed E-state index contributed by atoms with van der Waals surface area (Å²) in [6, 6.07) is 7.39. The number of tetrazole rings is 1. The van der Waals surface area contributed by atoms with Crippen molar-refractivity contribution in [1.29, 1.82) is 0 Å². The predicted octanol–water partition coefficient (Wildman–Crippen LogP) is 2.09. The number of aromatic nitrogens is 4. The molecule has 2 heterocycles. The number of carbonyl (C=O) groups excluding carboxylic acids is 1. The number of rotatable bonds is 2. The molecule has 2 amide bonds. The summed E-state index contributed by atoms with van der Waals surface area (Å²) in [6.45, 7) is 2.79. The number of urea groups is 1. The molecule has 2 aromatic rings. The van der Waals surface area contributed by atoms with Gasteiger partial charge in [-0.3, -0.25) is 0 Å². The fourth-order valence-electron chi connectivity index (χ4n) is 3.77. The van der Waals surface area contributed by atoms with Crippen molar-refractivity contribution < 1.29 is 9.53 Å². The average molecular weight is 342 g/mol. The summed E-state index contributed by atoms with van der Waals surface area (Å²) in [7, 11) is 0. The lowest BCUT2D eigenvalue weighted by Crippen LogP contribution is -2.42. The molecule has 0 unspecified atom stereocenters. The Balaban J connectivity index is 1.42. The molecule has 1 spiro atoms. The molecule has 8 heteroatoms. The summed E-state index contributed by atoms with van der Waals surface area (Å²) in [5, 5.41) is 14.1. The maximum absolute atomic E-state index is 12.7. The quantitative estimate of drug-likeness (QED) is 0.903. The topological polar surface area (TPSA) is 85.2 Å². The van der Waals surface area contributed by atoms with Gasteiger partial charge in [0, 0.05) is 24.2 Å². The second-order valence-electron chi connectivity index (χ2n) is 6.91. The summed E-state index contributed by atoms with van der Waals surface area (Å²) in [6.07, 6.45) is 6.30. The van der Waals surface area contributed by atoms with Gasteiger partial charge in [-0.25, -0.2) is 9.48 Å². The van der Waals surface area contributed by atoms with Crippen molar-refractivity contribution >= 4 is 11.7 Å². The average Bonchev–Trinajstić information content (AvgIpc) is 3.26. The van der Waals surface area contributed by atoms with E-state index in [0.717, 1.165) is 37.4 Å². The van der Waals surface area contributed by atoms with Crippen LogP contribution < -0.4 is 5.32 Å². The van der Waals surface area contributed by atoms with Crippen LogP contribution in [0, 0.1) is 5.41 Å². The molecule has 1 saturated heterocycles. The third-order valence-electron chi connectivity index (χ3n) is 5.12. The minimum Gasteiger partial charge on any atom is -0.379 e. The Morgan fingerprint density at radius 3 is 2.72 bits per heavy atom. The first-order chi connectivity index (χ1) is 12.2. The molecule has 1 aromatic carbocycles. The van der Waals surface area contributed by atoms with Gasteiger partial charge in [-0.1, -0.05) is 12.8 Å². The largest absolute Gasteiger partial charge is 0.379 e. The van der Waals surface area contributed by atoms with Crippen LogP contribution in [0.25, 0.3) is 5.69 Å². The van der Waals surface area contributed by atoms with E-state index in [9.17, 15) is 4.79 Å². The number of amides is 2. The molecule has 1 saturated carbocycles. The highest BCUT2D eigenvalue weighted by atomic mass is 16.5. The van der Waals surface area contributed by atoms with E-state index in [1.807, 2.05) is 29.2 Å². The lowest BCUT2D eigenvalue weighted by atomic mass is 9.87. The van der Waals surface area contributed by atoms with Crippen LogP contribution in [0.15, 0.2) is 30.6 Å². The van der Waals surface area contributed by atoms with Gasteiger partial charge in [-0.15, -0.1) is 5.10 Å². The van der Waals surface area contributed by atoms with Crippen molar-refractivity contribution in [2.75, 3.05) is 31.6 Å². The van der Waals surface area contributed by atoms with Gasteiger partial charge in [-0.2, -0.15) is 0 Å². The SMILES string of the molecule is O=C(Nc1ccc(-n2cnnn2)cc1)N1CCOCC2(CCCC2)C1. The number of anilines is 1. The molecule has 2 fully saturated rings. The van der Waals surface area contributed by atoms with Crippen molar-refractivity contribution in [3.05, 3.63) is 30.6 Å². The smallest absolute Gasteiger partial charge is 0.321 e. The van der Waals surface area contributed by atoms with Crippen molar-refractivity contribution in [3.8, 4) is 5.69 Å². The second-order valence-corrected chi connectivity index (χ2v) is 6.91. The van der Waals surface area contributed by atoms with Crippen LogP contribution in [0.1, 0.15) is 25.7 Å². The van der Waals surface area contributed by atoms with E-state index in [-0.39, 0.29) is 11.4 Å². The minimum atomic E-state index is -0.0630. The second kappa shape index (κ2) is 6.79. The molecule has 1 aromatic heterocycles. The van der Waals surface area contributed by atoms with Gasteiger partial charge in [0.05, 0.1) is 18.9 Å². The first kappa shape index (κ1) is 16.0. The Bertz CT molecular complexity index is 709. The number of hydrogen-bond donors (Lipinski definition) is 1. The number of ether oxygens (including phenoxy) is 1. The predicted molar refractivity (Wildman–Crippen MR) is 91.5 cm³/mol. The molecule has 1 aliphatic carbocycles. The van der Waals surface area contributed by atoms with E-state index in [4.69, 9.17) is 4.74 Å². The van der Waals surface area contributed by atoms with Crippen molar-refractivity contribution in [1.82, 2.24) is 25.1 Å². The maximum atomic E-state index is 12.7. The van der Waals surface area contributed by atoms with E-state index in [2.05, 4.69) is 20.8 Å². The fourth-order valence-corrected chi connectivity index (χ4v) is 3.77. The third kappa shape index (κ3) is 3.48. The summed E-state index contributed by atoms with van der Waals surface area (Å²) < 4.78 is 7.35. The van der Waals surface area contributed by atoms with E-state index in [1.54, 1.807) is 4.68 Å². The van der Waals surface area contributed by atoms with Crippen molar-refractivity contribution in [3.63, 3.8) is 0 Å². The van der Waals surface area contributed by atoms with Gasteiger partial charge < -0.3 is 15.0 Å². The van der Waals surface area contributed by atoms with E-state index in [0.29, 0.717) is 13.2 Å². The summed E-state index contributed by atoms with van der Waals surface area (Å²) in [4.78, 5) is 14.6. The van der Waals surface area contributed by atoms with E-state index >= 15 is 0 Å². The van der Waals surface area contributed by atoms with Crippen LogP contribution in [0.5, 0.6) is 0 Å². The molecule has 8 nitrogen and oxygen atoms in total. The van der Waals surface area contributed by atoms with Crippen molar-refractivity contribution in [2.24, 2.45) is 5.41 Å². The Labute approximate surface area is 146 Å². The summed E-state index contributed by atoms with van der Waals surface area (Å²) in [5.41, 5.74) is 1.75. The molecule has 1 N–H and O–H groups in total. The van der Waals surface area contributed by atoms with Crippen LogP contribution in [0.2, 0.25) is 0 Å². The Hall–Kier alpha value is -2.48. The van der Waals surface area contributed by atoms with Crippen LogP contribution in [-0.2, 0) is 4.74 Å². The zero-order valence-electron chi connectivity index (χ0n) is 14.1. The van der Waals surface area contributed by atoms with Crippen LogP contribution in [0.4, 0.5) is 10.5 Å². The van der Waals surface area contributed by atoms with E-state index in [1.165, 1.54) is 19.2 Å². The molecular formula is C17H22N6O2. The first-order valence-electron chi connectivity index (χ1n) is 8.71. The summed E-state index contributed by atoms with van der Waals surface area (Å²) >= 11 is 0. The van der Waals surface area contributed by atoms with Gasteiger partial charge in [0.25, 0.3) is 0 Å². The summed E-state index contributed by atoms with van der Waals surface area (Å²) in [5.74, 6) is 0. The van der Waals surface area contributed by atoms with E-state index < -0.39 is 0 Å². The Kier molecular flexibility index (Phi) is 4.35. The highest BCUT2D eigenvalue weighted by Gasteiger charge is 2.38. The third-order valence-corrected chi connectivity index (χ3v) is 5.12. The first-order valence-corrected chi connectivity index (χ1v) is 8.71. The highest BCUT2D eigenvalue weighted by molar-refractivity contribution is 5.89. The van der Waals surface area contributed by atoms with Crippen LogP contribution in [-0.4, -0.2) is 57.4 Å². The van der Waals surface area contributed by atoms with Crippen LogP contribution in [0.3, 0.4) is 0 Å². The van der Waals surface area contributed by atoms with Gasteiger partial charge in [0.2, 0.25) is 0 Å². The highest BCUT2D eigenvalue weighted by Crippen LogP contribution is 2.40. The number of nitrogens with one attached hydrogen (secondary N) is 1. The lowest BCUT2D eigenvalue weighted by Gasteiger charge is -2.31. The van der Waals surface area contributed by atoms with Crippen molar-refractivity contribution in [2.45, 2.75) is 25.7 Å². The maximum Gasteiger partial charge on any atom is 0.321 e. The zero-order chi connectivity index (χ0) is 17.1. The Morgan fingerprint density at radius 1 is 1.20 bits per heavy atom. The van der Waals surface area contributed by atoms with Gasteiger partial charge in [0.1, 0.15) is 6.33 Å². The molecular weight excluding hydrogens is 320 g/mol. The molecule has 0 bridgehead atoms. The standard InChI is InChI=1S/C17H22N6O2/c24-16(22-9-10-25-12-17(11-22)7-1-2-8-17)19-14-3-5-15(6-4-14)23-13-18-20-21-23/h3-6,13H,1-2,7-12H2,(H,19,24). The van der Waals surface area contributed by atoms with Gasteiger partial charge in [-0.05, 0) is 47.5 Å². The molecule has 4 rings (SSSR count). The lowest BCUT2D eigenvalue weighted by molar-refractivity contribution is 0.0718.